The molecule has 1 aromatic heterocycles. The molecule has 0 amide bonds. The first-order chi connectivity index (χ1) is 9.70. The summed E-state index contributed by atoms with van der Waals surface area (Å²) in [5, 5.41) is 6.70. The molecule has 1 N–H and O–H groups in total. The molecule has 2 aromatic rings. The fraction of sp³-hybridized carbons (Fsp3) is 0.438. The second-order valence-corrected chi connectivity index (χ2v) is 5.93. The lowest BCUT2D eigenvalue weighted by Crippen LogP contribution is -2.24. The first-order valence-electron chi connectivity index (χ1n) is 7.11. The van der Waals surface area contributed by atoms with Crippen molar-refractivity contribution in [2.75, 3.05) is 0 Å². The minimum Gasteiger partial charge on any atom is -0.301 e. The highest BCUT2D eigenvalue weighted by Gasteiger charge is 2.16. The molecule has 0 aliphatic heterocycles. The Morgan fingerprint density at radius 3 is 2.65 bits per heavy atom. The van der Waals surface area contributed by atoms with Gasteiger partial charge in [-0.25, -0.2) is 9.37 Å². The van der Waals surface area contributed by atoms with E-state index in [0.29, 0.717) is 0 Å². The summed E-state index contributed by atoms with van der Waals surface area (Å²) in [6.45, 7) is 4.31. The van der Waals surface area contributed by atoms with Crippen LogP contribution in [0.4, 0.5) is 4.39 Å². The topological polar surface area (TPSA) is 24.9 Å². The van der Waals surface area contributed by atoms with E-state index in [1.54, 1.807) is 11.3 Å². The van der Waals surface area contributed by atoms with Gasteiger partial charge in [0.15, 0.2) is 0 Å². The van der Waals surface area contributed by atoms with Gasteiger partial charge in [-0.2, -0.15) is 0 Å². The number of rotatable bonds is 7. The third kappa shape index (κ3) is 4.12. The molecular weight excluding hydrogens is 271 g/mol. The molecule has 20 heavy (non-hydrogen) atoms. The predicted molar refractivity (Wildman–Crippen MR) is 82.3 cm³/mol. The molecule has 2 unspecified atom stereocenters. The summed E-state index contributed by atoms with van der Waals surface area (Å²) in [6.07, 6.45) is 5.19. The molecule has 0 fully saturated rings. The van der Waals surface area contributed by atoms with Crippen molar-refractivity contribution in [1.82, 2.24) is 10.3 Å². The molecule has 0 saturated carbocycles. The zero-order chi connectivity index (χ0) is 14.4. The van der Waals surface area contributed by atoms with Gasteiger partial charge < -0.3 is 5.32 Å². The first kappa shape index (κ1) is 15.1. The SMILES string of the molecule is CCCCC(NC(C)c1nccs1)c1ccc(F)cc1. The number of thiazole rings is 1. The van der Waals surface area contributed by atoms with Gasteiger partial charge in [-0.3, -0.25) is 0 Å². The molecule has 0 spiro atoms. The number of nitrogens with one attached hydrogen (secondary N) is 1. The number of nitrogens with zero attached hydrogens (tertiary/aromatic N) is 1. The first-order valence-corrected chi connectivity index (χ1v) is 7.99. The van der Waals surface area contributed by atoms with Crippen molar-refractivity contribution in [3.63, 3.8) is 0 Å². The van der Waals surface area contributed by atoms with Crippen molar-refractivity contribution >= 4 is 11.3 Å². The van der Waals surface area contributed by atoms with Crippen LogP contribution in [0.5, 0.6) is 0 Å². The van der Waals surface area contributed by atoms with Crippen LogP contribution in [0.25, 0.3) is 0 Å². The second kappa shape index (κ2) is 7.50. The Bertz CT molecular complexity index is 496. The van der Waals surface area contributed by atoms with E-state index < -0.39 is 0 Å². The van der Waals surface area contributed by atoms with Crippen LogP contribution in [0.2, 0.25) is 0 Å². The van der Waals surface area contributed by atoms with Gasteiger partial charge in [0.2, 0.25) is 0 Å². The number of hydrogen-bond acceptors (Lipinski definition) is 3. The Hall–Kier alpha value is -1.26. The van der Waals surface area contributed by atoms with E-state index in [4.69, 9.17) is 0 Å². The molecular formula is C16H21FN2S. The molecule has 2 nitrogen and oxygen atoms in total. The van der Waals surface area contributed by atoms with Crippen molar-refractivity contribution in [2.24, 2.45) is 0 Å². The van der Waals surface area contributed by atoms with Gasteiger partial charge in [0.05, 0.1) is 6.04 Å². The van der Waals surface area contributed by atoms with Gasteiger partial charge in [-0.1, -0.05) is 31.9 Å². The van der Waals surface area contributed by atoms with Crippen LogP contribution in [0.3, 0.4) is 0 Å². The Labute approximate surface area is 124 Å². The van der Waals surface area contributed by atoms with Crippen LogP contribution < -0.4 is 5.32 Å². The van der Waals surface area contributed by atoms with E-state index in [1.165, 1.54) is 12.1 Å². The Balaban J connectivity index is 2.08. The Kier molecular flexibility index (Phi) is 5.68. The summed E-state index contributed by atoms with van der Waals surface area (Å²) < 4.78 is 13.1. The molecule has 1 aromatic carbocycles. The summed E-state index contributed by atoms with van der Waals surface area (Å²) in [4.78, 5) is 4.35. The molecule has 2 rings (SSSR count). The fourth-order valence-corrected chi connectivity index (χ4v) is 2.93. The van der Waals surface area contributed by atoms with Crippen LogP contribution in [0.15, 0.2) is 35.8 Å². The number of unbranched alkanes of at least 4 members (excludes halogenated alkanes) is 1. The second-order valence-electron chi connectivity index (χ2n) is 5.01. The van der Waals surface area contributed by atoms with Gasteiger partial charge in [-0.15, -0.1) is 11.3 Å². The molecule has 2 atom stereocenters. The highest BCUT2D eigenvalue weighted by Crippen LogP contribution is 2.25. The number of halogens is 1. The van der Waals surface area contributed by atoms with Gasteiger partial charge in [-0.05, 0) is 31.0 Å². The summed E-state index contributed by atoms with van der Waals surface area (Å²) in [5.41, 5.74) is 1.14. The summed E-state index contributed by atoms with van der Waals surface area (Å²) in [5.74, 6) is -0.184. The monoisotopic (exact) mass is 292 g/mol. The van der Waals surface area contributed by atoms with Crippen LogP contribution in [0.1, 0.15) is 55.8 Å². The maximum atomic E-state index is 13.1. The van der Waals surface area contributed by atoms with Crippen LogP contribution in [-0.4, -0.2) is 4.98 Å². The molecule has 0 radical (unpaired) electrons. The van der Waals surface area contributed by atoms with Gasteiger partial charge >= 0.3 is 0 Å². The van der Waals surface area contributed by atoms with Crippen LogP contribution >= 0.6 is 11.3 Å². The van der Waals surface area contributed by atoms with Crippen LogP contribution in [0, 0.1) is 5.82 Å². The molecule has 108 valence electrons. The third-order valence-electron chi connectivity index (χ3n) is 3.39. The molecule has 0 saturated heterocycles. The average Bonchev–Trinajstić information content (AvgIpc) is 2.98. The highest BCUT2D eigenvalue weighted by atomic mass is 32.1. The summed E-state index contributed by atoms with van der Waals surface area (Å²) in [6, 6.07) is 7.26. The number of aromatic nitrogens is 1. The number of benzene rings is 1. The summed E-state index contributed by atoms with van der Waals surface area (Å²) >= 11 is 1.66. The van der Waals surface area contributed by atoms with Crippen molar-refractivity contribution < 1.29 is 4.39 Å². The maximum absolute atomic E-state index is 13.1. The Morgan fingerprint density at radius 2 is 2.05 bits per heavy atom. The minimum absolute atomic E-state index is 0.184. The maximum Gasteiger partial charge on any atom is 0.123 e. The van der Waals surface area contributed by atoms with E-state index in [1.807, 2.05) is 23.7 Å². The number of hydrogen-bond donors (Lipinski definition) is 1. The van der Waals surface area contributed by atoms with Crippen LogP contribution in [-0.2, 0) is 0 Å². The lowest BCUT2D eigenvalue weighted by atomic mass is 10.0. The van der Waals surface area contributed by atoms with E-state index >= 15 is 0 Å². The van der Waals surface area contributed by atoms with Crippen molar-refractivity contribution in [2.45, 2.75) is 45.2 Å². The van der Waals surface area contributed by atoms with E-state index in [0.717, 1.165) is 29.8 Å². The Morgan fingerprint density at radius 1 is 1.30 bits per heavy atom. The van der Waals surface area contributed by atoms with Crippen molar-refractivity contribution in [3.05, 3.63) is 52.2 Å². The third-order valence-corrected chi connectivity index (χ3v) is 4.35. The van der Waals surface area contributed by atoms with Gasteiger partial charge in [0, 0.05) is 17.6 Å². The zero-order valence-electron chi connectivity index (χ0n) is 12.0. The minimum atomic E-state index is -0.184. The normalized spacial score (nSPS) is 14.2. The molecule has 0 aliphatic rings. The average molecular weight is 292 g/mol. The zero-order valence-corrected chi connectivity index (χ0v) is 12.8. The van der Waals surface area contributed by atoms with E-state index in [-0.39, 0.29) is 17.9 Å². The molecule has 0 bridgehead atoms. The molecule has 0 aliphatic carbocycles. The van der Waals surface area contributed by atoms with E-state index in [9.17, 15) is 4.39 Å². The smallest absolute Gasteiger partial charge is 0.123 e. The van der Waals surface area contributed by atoms with Crippen molar-refractivity contribution in [3.8, 4) is 0 Å². The standard InChI is InChI=1S/C16H21FN2S/c1-3-4-5-15(13-6-8-14(17)9-7-13)19-12(2)16-18-10-11-20-16/h6-12,15,19H,3-5H2,1-2H3. The van der Waals surface area contributed by atoms with Crippen molar-refractivity contribution in [1.29, 1.82) is 0 Å². The molecule has 1 heterocycles. The molecule has 4 heteroatoms. The fourth-order valence-electron chi connectivity index (χ4n) is 2.27. The van der Waals surface area contributed by atoms with Gasteiger partial charge in [0.25, 0.3) is 0 Å². The van der Waals surface area contributed by atoms with E-state index in [2.05, 4.69) is 24.1 Å². The largest absolute Gasteiger partial charge is 0.301 e. The predicted octanol–water partition coefficient (Wildman–Crippen LogP) is 4.86. The quantitative estimate of drug-likeness (QED) is 0.788. The lowest BCUT2D eigenvalue weighted by molar-refractivity contribution is 0.430. The van der Waals surface area contributed by atoms with Gasteiger partial charge in [0.1, 0.15) is 10.8 Å². The summed E-state index contributed by atoms with van der Waals surface area (Å²) in [7, 11) is 0. The highest BCUT2D eigenvalue weighted by molar-refractivity contribution is 7.09. The lowest BCUT2D eigenvalue weighted by Gasteiger charge is -2.22.